The molecule has 0 aliphatic carbocycles. The summed E-state index contributed by atoms with van der Waals surface area (Å²) in [5.41, 5.74) is 1.44. The molecule has 2 heterocycles. The van der Waals surface area contributed by atoms with Crippen molar-refractivity contribution in [3.63, 3.8) is 0 Å². The van der Waals surface area contributed by atoms with Crippen molar-refractivity contribution in [3.05, 3.63) is 35.9 Å². The minimum absolute atomic E-state index is 0.488. The number of thioether (sulfide) groups is 1. The fraction of sp³-hybridized carbons (Fsp3) is 0.667. The highest BCUT2D eigenvalue weighted by atomic mass is 32.2. The molecule has 0 bridgehead atoms. The summed E-state index contributed by atoms with van der Waals surface area (Å²) < 4.78 is 0.488. The van der Waals surface area contributed by atoms with Crippen molar-refractivity contribution in [3.8, 4) is 0 Å². The van der Waals surface area contributed by atoms with Crippen molar-refractivity contribution in [2.24, 2.45) is 0 Å². The number of nitrogens with zero attached hydrogens (tertiary/aromatic N) is 1. The van der Waals surface area contributed by atoms with Gasteiger partial charge in [0, 0.05) is 30.4 Å². The highest BCUT2D eigenvalue weighted by molar-refractivity contribution is 8.00. The Labute approximate surface area is 133 Å². The Kier molecular flexibility index (Phi) is 5.25. The first-order valence-electron chi connectivity index (χ1n) is 8.37. The second kappa shape index (κ2) is 7.17. The van der Waals surface area contributed by atoms with Gasteiger partial charge in [-0.05, 0) is 50.5 Å². The topological polar surface area (TPSA) is 15.3 Å². The van der Waals surface area contributed by atoms with Gasteiger partial charge in [0.2, 0.25) is 0 Å². The SMILES string of the molecule is CC1(CNC2CCCN(Cc3ccccc3)C2)CCCS1. The third kappa shape index (κ3) is 4.48. The van der Waals surface area contributed by atoms with Crippen LogP contribution in [0.15, 0.2) is 30.3 Å². The van der Waals surface area contributed by atoms with Crippen LogP contribution in [0.3, 0.4) is 0 Å². The summed E-state index contributed by atoms with van der Waals surface area (Å²) in [5.74, 6) is 1.35. The Morgan fingerprint density at radius 3 is 2.90 bits per heavy atom. The lowest BCUT2D eigenvalue weighted by molar-refractivity contribution is 0.181. The summed E-state index contributed by atoms with van der Waals surface area (Å²) in [7, 11) is 0. The van der Waals surface area contributed by atoms with Gasteiger partial charge in [-0.3, -0.25) is 4.90 Å². The molecule has 2 fully saturated rings. The van der Waals surface area contributed by atoms with Crippen LogP contribution < -0.4 is 5.32 Å². The van der Waals surface area contributed by atoms with Gasteiger partial charge in [-0.2, -0.15) is 11.8 Å². The maximum Gasteiger partial charge on any atom is 0.0256 e. The van der Waals surface area contributed by atoms with Crippen LogP contribution in [-0.2, 0) is 6.54 Å². The van der Waals surface area contributed by atoms with Crippen molar-refractivity contribution in [2.75, 3.05) is 25.4 Å². The van der Waals surface area contributed by atoms with E-state index in [-0.39, 0.29) is 0 Å². The summed E-state index contributed by atoms with van der Waals surface area (Å²) in [6.07, 6.45) is 5.44. The molecule has 2 unspecified atom stereocenters. The molecule has 3 heteroatoms. The first kappa shape index (κ1) is 15.4. The second-order valence-electron chi connectivity index (χ2n) is 6.84. The molecular formula is C18H28N2S. The zero-order valence-electron chi connectivity index (χ0n) is 13.2. The quantitative estimate of drug-likeness (QED) is 0.896. The molecule has 2 aliphatic heterocycles. The Balaban J connectivity index is 1.47. The number of piperidine rings is 1. The molecule has 3 rings (SSSR count). The van der Waals surface area contributed by atoms with E-state index in [2.05, 4.69) is 59.2 Å². The average molecular weight is 305 g/mol. The minimum atomic E-state index is 0.488. The van der Waals surface area contributed by atoms with Gasteiger partial charge in [0.25, 0.3) is 0 Å². The van der Waals surface area contributed by atoms with Crippen molar-refractivity contribution >= 4 is 11.8 Å². The molecule has 0 saturated carbocycles. The third-order valence-electron chi connectivity index (χ3n) is 4.82. The molecule has 116 valence electrons. The molecule has 0 amide bonds. The van der Waals surface area contributed by atoms with Crippen LogP contribution in [0, 0.1) is 0 Å². The van der Waals surface area contributed by atoms with Crippen LogP contribution >= 0.6 is 11.8 Å². The van der Waals surface area contributed by atoms with Gasteiger partial charge < -0.3 is 5.32 Å². The first-order chi connectivity index (χ1) is 10.2. The van der Waals surface area contributed by atoms with Gasteiger partial charge in [-0.15, -0.1) is 0 Å². The Hall–Kier alpha value is -0.510. The van der Waals surface area contributed by atoms with Gasteiger partial charge in [-0.25, -0.2) is 0 Å². The van der Waals surface area contributed by atoms with Crippen LogP contribution in [-0.4, -0.2) is 41.1 Å². The number of hydrogen-bond acceptors (Lipinski definition) is 3. The lowest BCUT2D eigenvalue weighted by Crippen LogP contribution is -2.48. The summed E-state index contributed by atoms with van der Waals surface area (Å²) in [6.45, 7) is 7.17. The molecule has 2 saturated heterocycles. The molecule has 2 atom stereocenters. The van der Waals surface area contributed by atoms with Crippen molar-refractivity contribution in [1.82, 2.24) is 10.2 Å². The van der Waals surface area contributed by atoms with Crippen LogP contribution in [0.4, 0.5) is 0 Å². The molecule has 21 heavy (non-hydrogen) atoms. The molecule has 0 radical (unpaired) electrons. The lowest BCUT2D eigenvalue weighted by atomic mass is 10.0. The van der Waals surface area contributed by atoms with Crippen molar-refractivity contribution < 1.29 is 0 Å². The standard InChI is InChI=1S/C18H28N2S/c1-18(10-6-12-21-18)15-19-17-9-5-11-20(14-17)13-16-7-3-2-4-8-16/h2-4,7-8,17,19H,5-6,9-15H2,1H3. The number of benzene rings is 1. The number of nitrogens with one attached hydrogen (secondary N) is 1. The van der Waals surface area contributed by atoms with Gasteiger partial charge >= 0.3 is 0 Å². The highest BCUT2D eigenvalue weighted by Gasteiger charge is 2.30. The third-order valence-corrected chi connectivity index (χ3v) is 6.36. The van der Waals surface area contributed by atoms with Gasteiger partial charge in [0.1, 0.15) is 0 Å². The predicted octanol–water partition coefficient (Wildman–Crippen LogP) is 3.53. The lowest BCUT2D eigenvalue weighted by Gasteiger charge is -2.35. The number of likely N-dealkylation sites (tertiary alicyclic amines) is 1. The van der Waals surface area contributed by atoms with Crippen LogP contribution in [0.1, 0.15) is 38.2 Å². The van der Waals surface area contributed by atoms with Gasteiger partial charge in [0.05, 0.1) is 0 Å². The fourth-order valence-corrected chi connectivity index (χ4v) is 4.80. The predicted molar refractivity (Wildman–Crippen MR) is 92.8 cm³/mol. The Morgan fingerprint density at radius 2 is 2.14 bits per heavy atom. The molecular weight excluding hydrogens is 276 g/mol. The molecule has 1 N–H and O–H groups in total. The maximum atomic E-state index is 3.86. The summed E-state index contributed by atoms with van der Waals surface area (Å²) in [6, 6.07) is 11.6. The largest absolute Gasteiger partial charge is 0.311 e. The van der Waals surface area contributed by atoms with Gasteiger partial charge in [0.15, 0.2) is 0 Å². The maximum absolute atomic E-state index is 3.86. The molecule has 0 aromatic heterocycles. The molecule has 2 nitrogen and oxygen atoms in total. The first-order valence-corrected chi connectivity index (χ1v) is 9.36. The minimum Gasteiger partial charge on any atom is -0.311 e. The van der Waals surface area contributed by atoms with E-state index in [1.54, 1.807) is 0 Å². The van der Waals surface area contributed by atoms with Crippen LogP contribution in [0.2, 0.25) is 0 Å². The molecule has 1 aromatic carbocycles. The van der Waals surface area contributed by atoms with E-state index in [1.165, 1.54) is 56.6 Å². The number of hydrogen-bond donors (Lipinski definition) is 1. The smallest absolute Gasteiger partial charge is 0.0256 e. The average Bonchev–Trinajstić information content (AvgIpc) is 2.94. The van der Waals surface area contributed by atoms with E-state index < -0.39 is 0 Å². The highest BCUT2D eigenvalue weighted by Crippen LogP contribution is 2.37. The molecule has 1 aromatic rings. The zero-order valence-corrected chi connectivity index (χ0v) is 14.0. The second-order valence-corrected chi connectivity index (χ2v) is 8.53. The van der Waals surface area contributed by atoms with Crippen LogP contribution in [0.25, 0.3) is 0 Å². The fourth-order valence-electron chi connectivity index (χ4n) is 3.54. The Bertz CT molecular complexity index is 428. The van der Waals surface area contributed by atoms with E-state index >= 15 is 0 Å². The van der Waals surface area contributed by atoms with E-state index in [1.807, 2.05) is 0 Å². The normalized spacial score (nSPS) is 30.6. The van der Waals surface area contributed by atoms with Crippen LogP contribution in [0.5, 0.6) is 0 Å². The molecule has 2 aliphatic rings. The summed E-state index contributed by atoms with van der Waals surface area (Å²) in [4.78, 5) is 2.61. The van der Waals surface area contributed by atoms with Crippen molar-refractivity contribution in [1.29, 1.82) is 0 Å². The summed E-state index contributed by atoms with van der Waals surface area (Å²) >= 11 is 2.16. The van der Waals surface area contributed by atoms with E-state index in [4.69, 9.17) is 0 Å². The number of rotatable bonds is 5. The molecule has 0 spiro atoms. The van der Waals surface area contributed by atoms with Crippen molar-refractivity contribution in [2.45, 2.75) is 49.9 Å². The summed E-state index contributed by atoms with van der Waals surface area (Å²) in [5, 5.41) is 3.86. The van der Waals surface area contributed by atoms with Gasteiger partial charge in [-0.1, -0.05) is 30.3 Å². The van der Waals surface area contributed by atoms with E-state index in [0.29, 0.717) is 10.8 Å². The zero-order chi connectivity index (χ0) is 14.5. The van der Waals surface area contributed by atoms with E-state index in [0.717, 1.165) is 6.54 Å². The van der Waals surface area contributed by atoms with E-state index in [9.17, 15) is 0 Å². The Morgan fingerprint density at radius 1 is 1.29 bits per heavy atom. The monoisotopic (exact) mass is 304 g/mol.